The van der Waals surface area contributed by atoms with Gasteiger partial charge in [-0.1, -0.05) is 6.92 Å². The van der Waals surface area contributed by atoms with Crippen molar-refractivity contribution in [2.75, 3.05) is 13.1 Å². The van der Waals surface area contributed by atoms with E-state index in [4.69, 9.17) is 4.42 Å². The van der Waals surface area contributed by atoms with Gasteiger partial charge >= 0.3 is 0 Å². The van der Waals surface area contributed by atoms with Crippen molar-refractivity contribution in [2.45, 2.75) is 26.2 Å². The summed E-state index contributed by atoms with van der Waals surface area (Å²) in [5, 5.41) is 3.34. The number of rotatable bonds is 3. The number of hydrogen-bond acceptors (Lipinski definition) is 3. The van der Waals surface area contributed by atoms with Crippen molar-refractivity contribution in [3.8, 4) is 0 Å². The van der Waals surface area contributed by atoms with E-state index >= 15 is 0 Å². The lowest BCUT2D eigenvalue weighted by Crippen LogP contribution is -2.10. The molecule has 1 aliphatic rings. The van der Waals surface area contributed by atoms with Gasteiger partial charge in [-0.3, -0.25) is 0 Å². The summed E-state index contributed by atoms with van der Waals surface area (Å²) in [6, 6.07) is 0. The van der Waals surface area contributed by atoms with Crippen LogP contribution in [-0.4, -0.2) is 18.1 Å². The van der Waals surface area contributed by atoms with Crippen molar-refractivity contribution in [2.24, 2.45) is 5.92 Å². The van der Waals surface area contributed by atoms with Gasteiger partial charge in [-0.25, -0.2) is 4.98 Å². The lowest BCUT2D eigenvalue weighted by molar-refractivity contribution is 0.420. The van der Waals surface area contributed by atoms with E-state index in [-0.39, 0.29) is 0 Å². The maximum Gasteiger partial charge on any atom is 0.194 e. The zero-order valence-electron chi connectivity index (χ0n) is 8.05. The fraction of sp³-hybridized carbons (Fsp3) is 0.700. The maximum atomic E-state index is 5.56. The lowest BCUT2D eigenvalue weighted by Gasteiger charge is -2.02. The Balaban J connectivity index is 1.92. The van der Waals surface area contributed by atoms with E-state index in [1.165, 1.54) is 6.42 Å². The van der Waals surface area contributed by atoms with Crippen LogP contribution < -0.4 is 5.32 Å². The first-order valence-electron chi connectivity index (χ1n) is 5.02. The molecule has 1 aromatic rings. The van der Waals surface area contributed by atoms with Crippen LogP contribution in [0.1, 0.15) is 25.0 Å². The van der Waals surface area contributed by atoms with E-state index in [1.54, 1.807) is 0 Å². The second-order valence-electron chi connectivity index (χ2n) is 3.64. The van der Waals surface area contributed by atoms with Crippen LogP contribution in [0.5, 0.6) is 0 Å². The number of aromatic nitrogens is 1. The van der Waals surface area contributed by atoms with Crippen molar-refractivity contribution in [3.05, 3.63) is 17.8 Å². The molecule has 0 aliphatic carbocycles. The minimum absolute atomic E-state index is 0.725. The highest BCUT2D eigenvalue weighted by molar-refractivity contribution is 4.95. The van der Waals surface area contributed by atoms with E-state index in [1.807, 2.05) is 6.20 Å². The predicted octanol–water partition coefficient (Wildman–Crippen LogP) is 1.39. The lowest BCUT2D eigenvalue weighted by atomic mass is 10.1. The average Bonchev–Trinajstić information content (AvgIpc) is 2.76. The molecule has 72 valence electrons. The molecule has 0 amide bonds. The fourth-order valence-corrected chi connectivity index (χ4v) is 1.74. The van der Waals surface area contributed by atoms with Gasteiger partial charge in [-0.2, -0.15) is 0 Å². The van der Waals surface area contributed by atoms with Crippen LogP contribution >= 0.6 is 0 Å². The van der Waals surface area contributed by atoms with Crippen molar-refractivity contribution < 1.29 is 4.42 Å². The van der Waals surface area contributed by atoms with Crippen molar-refractivity contribution in [3.63, 3.8) is 0 Å². The van der Waals surface area contributed by atoms with Crippen LogP contribution in [0.2, 0.25) is 0 Å². The Morgan fingerprint density at radius 1 is 1.69 bits per heavy atom. The SMILES string of the molecule is CCc1cnc(CC2CCNC2)o1. The summed E-state index contributed by atoms with van der Waals surface area (Å²) in [6.45, 7) is 4.34. The molecule has 1 aliphatic heterocycles. The monoisotopic (exact) mass is 180 g/mol. The molecule has 1 N–H and O–H groups in total. The van der Waals surface area contributed by atoms with Crippen LogP contribution in [-0.2, 0) is 12.8 Å². The van der Waals surface area contributed by atoms with Gasteiger partial charge < -0.3 is 9.73 Å². The Hall–Kier alpha value is -0.830. The predicted molar refractivity (Wildman–Crippen MR) is 50.6 cm³/mol. The number of oxazole rings is 1. The topological polar surface area (TPSA) is 38.1 Å². The largest absolute Gasteiger partial charge is 0.446 e. The van der Waals surface area contributed by atoms with Crippen LogP contribution in [0.25, 0.3) is 0 Å². The highest BCUT2D eigenvalue weighted by atomic mass is 16.4. The molecular formula is C10H16N2O. The smallest absolute Gasteiger partial charge is 0.194 e. The second kappa shape index (κ2) is 3.92. The summed E-state index contributed by atoms with van der Waals surface area (Å²) in [4.78, 5) is 4.26. The first kappa shape index (κ1) is 8.75. The summed E-state index contributed by atoms with van der Waals surface area (Å²) >= 11 is 0. The third-order valence-corrected chi connectivity index (χ3v) is 2.58. The molecule has 1 atom stereocenters. The molecule has 3 nitrogen and oxygen atoms in total. The molecule has 1 unspecified atom stereocenters. The third-order valence-electron chi connectivity index (χ3n) is 2.58. The zero-order chi connectivity index (χ0) is 9.10. The normalized spacial score (nSPS) is 22.4. The van der Waals surface area contributed by atoms with Crippen molar-refractivity contribution >= 4 is 0 Å². The molecule has 0 radical (unpaired) electrons. The minimum Gasteiger partial charge on any atom is -0.446 e. The van der Waals surface area contributed by atoms with E-state index in [0.717, 1.165) is 43.5 Å². The molecule has 0 spiro atoms. The van der Waals surface area contributed by atoms with Crippen molar-refractivity contribution in [1.82, 2.24) is 10.3 Å². The number of hydrogen-bond donors (Lipinski definition) is 1. The summed E-state index contributed by atoms with van der Waals surface area (Å²) in [6.07, 6.45) is 5.03. The summed E-state index contributed by atoms with van der Waals surface area (Å²) in [5.41, 5.74) is 0. The van der Waals surface area contributed by atoms with E-state index in [9.17, 15) is 0 Å². The van der Waals surface area contributed by atoms with Gasteiger partial charge in [-0.05, 0) is 25.4 Å². The van der Waals surface area contributed by atoms with Crippen LogP contribution in [0.4, 0.5) is 0 Å². The molecule has 1 aromatic heterocycles. The van der Waals surface area contributed by atoms with Gasteiger partial charge in [0.15, 0.2) is 5.89 Å². The van der Waals surface area contributed by atoms with Gasteiger partial charge in [0, 0.05) is 12.8 Å². The van der Waals surface area contributed by atoms with E-state index in [0.29, 0.717) is 0 Å². The molecule has 0 aromatic carbocycles. The average molecular weight is 180 g/mol. The number of nitrogens with zero attached hydrogens (tertiary/aromatic N) is 1. The Bertz CT molecular complexity index is 264. The van der Waals surface area contributed by atoms with Gasteiger partial charge in [-0.15, -0.1) is 0 Å². The first-order valence-corrected chi connectivity index (χ1v) is 5.02. The summed E-state index contributed by atoms with van der Waals surface area (Å²) < 4.78 is 5.56. The molecule has 13 heavy (non-hydrogen) atoms. The van der Waals surface area contributed by atoms with Gasteiger partial charge in [0.1, 0.15) is 5.76 Å². The fourth-order valence-electron chi connectivity index (χ4n) is 1.74. The first-order chi connectivity index (χ1) is 6.38. The standard InChI is InChI=1S/C10H16N2O/c1-2-9-7-12-10(13-9)5-8-3-4-11-6-8/h7-8,11H,2-6H2,1H3. The summed E-state index contributed by atoms with van der Waals surface area (Å²) in [7, 11) is 0. The minimum atomic E-state index is 0.725. The molecule has 2 heterocycles. The zero-order valence-corrected chi connectivity index (χ0v) is 8.05. The highest BCUT2D eigenvalue weighted by Gasteiger charge is 2.17. The highest BCUT2D eigenvalue weighted by Crippen LogP contribution is 2.15. The molecule has 3 heteroatoms. The van der Waals surface area contributed by atoms with Crippen LogP contribution in [0, 0.1) is 5.92 Å². The van der Waals surface area contributed by atoms with E-state index in [2.05, 4.69) is 17.2 Å². The van der Waals surface area contributed by atoms with Gasteiger partial charge in [0.25, 0.3) is 0 Å². The number of nitrogens with one attached hydrogen (secondary N) is 1. The van der Waals surface area contributed by atoms with Crippen LogP contribution in [0.15, 0.2) is 10.6 Å². The van der Waals surface area contributed by atoms with Crippen molar-refractivity contribution in [1.29, 1.82) is 0 Å². The molecule has 0 saturated carbocycles. The molecule has 2 rings (SSSR count). The van der Waals surface area contributed by atoms with Gasteiger partial charge in [0.05, 0.1) is 6.20 Å². The molecule has 1 saturated heterocycles. The Labute approximate surface area is 78.5 Å². The maximum absolute atomic E-state index is 5.56. The molecule has 1 fully saturated rings. The second-order valence-corrected chi connectivity index (χ2v) is 3.64. The summed E-state index contributed by atoms with van der Waals surface area (Å²) in [5.74, 6) is 2.63. The quantitative estimate of drug-likeness (QED) is 0.763. The Morgan fingerprint density at radius 3 is 3.23 bits per heavy atom. The molecule has 0 bridgehead atoms. The Morgan fingerprint density at radius 2 is 2.62 bits per heavy atom. The van der Waals surface area contributed by atoms with Gasteiger partial charge in [0.2, 0.25) is 0 Å². The molecular weight excluding hydrogens is 164 g/mol. The van der Waals surface area contributed by atoms with E-state index < -0.39 is 0 Å². The number of aryl methyl sites for hydroxylation is 1. The Kier molecular flexibility index (Phi) is 2.64. The van der Waals surface area contributed by atoms with Crippen LogP contribution in [0.3, 0.4) is 0 Å². The third kappa shape index (κ3) is 2.10.